The molecule has 3 heterocycles. The molecule has 3 rings (SSSR count). The number of cyclic esters (lactones) is 1. The average Bonchev–Trinajstić information content (AvgIpc) is 3.73. The lowest BCUT2D eigenvalue weighted by atomic mass is 9.87. The SMILES string of the molecule is CC[C@H](O)[C@@H](C)[C@H]1O[C@@H]1C[C@@](C)(O)/C=C/C=C(\C)[C@H]1OC(=O)C[C@H](C)CC[C@@](C)(O)[C@@H](OC(=O)N2CCNCC2)/C=C/[C@@H]1C. The molecule has 3 aliphatic rings. The van der Waals surface area contributed by atoms with Gasteiger partial charge in [-0.2, -0.15) is 0 Å². The first-order valence-electron chi connectivity index (χ1n) is 16.3. The van der Waals surface area contributed by atoms with E-state index in [9.17, 15) is 24.9 Å². The van der Waals surface area contributed by atoms with Gasteiger partial charge in [0.25, 0.3) is 0 Å². The van der Waals surface area contributed by atoms with Crippen LogP contribution in [0.3, 0.4) is 0 Å². The maximum absolute atomic E-state index is 13.0. The van der Waals surface area contributed by atoms with Gasteiger partial charge in [0, 0.05) is 50.9 Å². The summed E-state index contributed by atoms with van der Waals surface area (Å²) in [5.74, 6) is -0.628. The zero-order valence-corrected chi connectivity index (χ0v) is 27.7. The number of rotatable bonds is 9. The van der Waals surface area contributed by atoms with E-state index in [1.807, 2.05) is 46.8 Å². The average molecular weight is 621 g/mol. The van der Waals surface area contributed by atoms with E-state index in [0.717, 1.165) is 5.57 Å². The second-order valence-corrected chi connectivity index (χ2v) is 13.7. The second-order valence-electron chi connectivity index (χ2n) is 13.7. The number of hydrogen-bond donors (Lipinski definition) is 4. The van der Waals surface area contributed by atoms with E-state index < -0.39 is 35.6 Å². The summed E-state index contributed by atoms with van der Waals surface area (Å²) in [5.41, 5.74) is -1.65. The topological polar surface area (TPSA) is 141 Å². The Kier molecular flexibility index (Phi) is 13.1. The highest BCUT2D eigenvalue weighted by molar-refractivity contribution is 5.70. The molecule has 10 heteroatoms. The summed E-state index contributed by atoms with van der Waals surface area (Å²) in [5, 5.41) is 35.7. The van der Waals surface area contributed by atoms with Crippen molar-refractivity contribution in [3.63, 3.8) is 0 Å². The number of carbonyl (C=O) groups excluding carboxylic acids is 2. The number of allylic oxidation sites excluding steroid dienone is 2. The number of hydrogen-bond acceptors (Lipinski definition) is 9. The van der Waals surface area contributed by atoms with Gasteiger partial charge in [0.15, 0.2) is 6.10 Å². The standard InChI is InChI=1S/C34H56N2O8/c1-8-26(37)25(5)31-27(42-31)21-33(6,40)14-9-10-23(3)30-24(4)11-12-28(43-32(39)36-18-16-35-17-19-36)34(7,41)15-13-22(2)20-29(38)44-30/h9-12,14,22,24-28,30-31,35,37,40-41H,8,13,15-21H2,1-7H3/b12-11+,14-9+,23-10+/t22-,24+,25-,26+,27-,28+,30-,31-,33+,34-/m1/s1. The summed E-state index contributed by atoms with van der Waals surface area (Å²) >= 11 is 0. The van der Waals surface area contributed by atoms with Gasteiger partial charge >= 0.3 is 12.1 Å². The molecule has 0 aromatic carbocycles. The summed E-state index contributed by atoms with van der Waals surface area (Å²) in [4.78, 5) is 27.5. The van der Waals surface area contributed by atoms with Gasteiger partial charge in [-0.05, 0) is 57.6 Å². The van der Waals surface area contributed by atoms with Gasteiger partial charge in [-0.25, -0.2) is 4.79 Å². The lowest BCUT2D eigenvalue weighted by Crippen LogP contribution is -2.50. The lowest BCUT2D eigenvalue weighted by Gasteiger charge is -2.35. The molecular weight excluding hydrogens is 564 g/mol. The van der Waals surface area contributed by atoms with Crippen molar-refractivity contribution in [3.05, 3.63) is 36.0 Å². The van der Waals surface area contributed by atoms with Crippen molar-refractivity contribution in [3.8, 4) is 0 Å². The predicted molar refractivity (Wildman–Crippen MR) is 169 cm³/mol. The Labute approximate surface area is 263 Å². The number of aliphatic hydroxyl groups is 3. The third kappa shape index (κ3) is 10.7. The van der Waals surface area contributed by atoms with Crippen molar-refractivity contribution < 1.29 is 39.1 Å². The molecule has 10 atom stereocenters. The van der Waals surface area contributed by atoms with E-state index >= 15 is 0 Å². The summed E-state index contributed by atoms with van der Waals surface area (Å²) in [6.45, 7) is 15.5. The number of aliphatic hydroxyl groups excluding tert-OH is 1. The van der Waals surface area contributed by atoms with E-state index in [-0.39, 0.29) is 42.4 Å². The number of ether oxygens (including phenoxy) is 3. The normalized spacial score (nSPS) is 35.9. The Morgan fingerprint density at radius 3 is 2.64 bits per heavy atom. The monoisotopic (exact) mass is 620 g/mol. The van der Waals surface area contributed by atoms with Crippen molar-refractivity contribution in [2.45, 2.75) is 122 Å². The third-order valence-electron chi connectivity index (χ3n) is 9.24. The van der Waals surface area contributed by atoms with Gasteiger partial charge in [0.2, 0.25) is 0 Å². The van der Waals surface area contributed by atoms with Gasteiger partial charge in [0.1, 0.15) is 11.7 Å². The molecule has 250 valence electrons. The van der Waals surface area contributed by atoms with Crippen LogP contribution in [0.5, 0.6) is 0 Å². The van der Waals surface area contributed by atoms with Crippen LogP contribution in [0, 0.1) is 17.8 Å². The molecule has 2 fully saturated rings. The number of epoxide rings is 1. The highest BCUT2D eigenvalue weighted by Crippen LogP contribution is 2.37. The first kappa shape index (κ1) is 36.2. The van der Waals surface area contributed by atoms with Crippen LogP contribution >= 0.6 is 0 Å². The Bertz CT molecular complexity index is 1050. The highest BCUT2D eigenvalue weighted by Gasteiger charge is 2.47. The van der Waals surface area contributed by atoms with Crippen LogP contribution in [-0.4, -0.2) is 100 Å². The first-order valence-corrected chi connectivity index (χ1v) is 16.3. The van der Waals surface area contributed by atoms with Crippen molar-refractivity contribution in [1.29, 1.82) is 0 Å². The molecule has 0 bridgehead atoms. The summed E-state index contributed by atoms with van der Waals surface area (Å²) < 4.78 is 17.6. The molecule has 0 spiro atoms. The highest BCUT2D eigenvalue weighted by atomic mass is 16.6. The summed E-state index contributed by atoms with van der Waals surface area (Å²) in [6.07, 6.45) is 8.54. The minimum atomic E-state index is -1.32. The maximum Gasteiger partial charge on any atom is 0.410 e. The quantitative estimate of drug-likeness (QED) is 0.131. The molecule has 0 radical (unpaired) electrons. The van der Waals surface area contributed by atoms with Crippen LogP contribution in [0.2, 0.25) is 0 Å². The molecule has 0 aliphatic carbocycles. The predicted octanol–water partition coefficient (Wildman–Crippen LogP) is 3.89. The molecule has 0 aromatic heterocycles. The zero-order chi connectivity index (χ0) is 32.7. The Morgan fingerprint density at radius 2 is 1.98 bits per heavy atom. The zero-order valence-electron chi connectivity index (χ0n) is 27.7. The van der Waals surface area contributed by atoms with Crippen molar-refractivity contribution in [2.75, 3.05) is 26.2 Å². The molecule has 0 unspecified atom stereocenters. The molecule has 3 aliphatic heterocycles. The third-order valence-corrected chi connectivity index (χ3v) is 9.24. The van der Waals surface area contributed by atoms with Crippen LogP contribution in [0.1, 0.15) is 80.6 Å². The number of nitrogens with one attached hydrogen (secondary N) is 1. The van der Waals surface area contributed by atoms with Gasteiger partial charge in [-0.15, -0.1) is 0 Å². The van der Waals surface area contributed by atoms with Crippen molar-refractivity contribution in [2.24, 2.45) is 17.8 Å². The second kappa shape index (κ2) is 15.9. The number of nitrogens with zero attached hydrogens (tertiary/aromatic N) is 1. The fourth-order valence-electron chi connectivity index (χ4n) is 6.00. The van der Waals surface area contributed by atoms with Crippen LogP contribution in [0.4, 0.5) is 4.79 Å². The molecular formula is C34H56N2O8. The largest absolute Gasteiger partial charge is 0.457 e. The van der Waals surface area contributed by atoms with Gasteiger partial charge in [-0.3, -0.25) is 4.79 Å². The molecule has 44 heavy (non-hydrogen) atoms. The van der Waals surface area contributed by atoms with E-state index in [2.05, 4.69) is 5.32 Å². The molecule has 4 N–H and O–H groups in total. The Balaban J connectivity index is 1.74. The van der Waals surface area contributed by atoms with Crippen LogP contribution < -0.4 is 5.32 Å². The van der Waals surface area contributed by atoms with Crippen molar-refractivity contribution >= 4 is 12.1 Å². The van der Waals surface area contributed by atoms with E-state index in [4.69, 9.17) is 14.2 Å². The van der Waals surface area contributed by atoms with E-state index in [1.54, 1.807) is 37.0 Å². The molecule has 2 saturated heterocycles. The van der Waals surface area contributed by atoms with Crippen LogP contribution in [0.25, 0.3) is 0 Å². The molecule has 10 nitrogen and oxygen atoms in total. The van der Waals surface area contributed by atoms with Gasteiger partial charge < -0.3 is 39.7 Å². The lowest BCUT2D eigenvalue weighted by molar-refractivity contribution is -0.150. The van der Waals surface area contributed by atoms with Crippen LogP contribution in [0.15, 0.2) is 36.0 Å². The number of carbonyl (C=O) groups is 2. The summed E-state index contributed by atoms with van der Waals surface area (Å²) in [6, 6.07) is 0. The maximum atomic E-state index is 13.0. The first-order chi connectivity index (χ1) is 20.6. The summed E-state index contributed by atoms with van der Waals surface area (Å²) in [7, 11) is 0. The Hall–Kier alpha value is -2.24. The fourth-order valence-corrected chi connectivity index (χ4v) is 6.00. The van der Waals surface area contributed by atoms with Gasteiger partial charge in [0.05, 0.1) is 23.9 Å². The molecule has 1 amide bonds. The van der Waals surface area contributed by atoms with E-state index in [1.165, 1.54) is 0 Å². The number of amides is 1. The minimum Gasteiger partial charge on any atom is -0.457 e. The van der Waals surface area contributed by atoms with Crippen molar-refractivity contribution in [1.82, 2.24) is 10.2 Å². The van der Waals surface area contributed by atoms with E-state index in [0.29, 0.717) is 51.9 Å². The van der Waals surface area contributed by atoms with Crippen LogP contribution in [-0.2, 0) is 19.0 Å². The Morgan fingerprint density at radius 1 is 1.30 bits per heavy atom. The number of esters is 1. The molecule has 0 saturated carbocycles. The fraction of sp³-hybridized carbons (Fsp3) is 0.765. The minimum absolute atomic E-state index is 0.00819. The molecule has 0 aromatic rings. The number of piperazine rings is 1. The van der Waals surface area contributed by atoms with Gasteiger partial charge in [-0.1, -0.05) is 52.0 Å². The smallest absolute Gasteiger partial charge is 0.410 e.